The Morgan fingerprint density at radius 3 is 1.63 bits per heavy atom. The molecule has 386 valence electrons. The molecule has 4 aliphatic heterocycles. The first-order valence-corrected chi connectivity index (χ1v) is 25.7. The summed E-state index contributed by atoms with van der Waals surface area (Å²) in [5.41, 5.74) is -4.63. The van der Waals surface area contributed by atoms with Crippen molar-refractivity contribution in [3.8, 4) is 11.5 Å². The van der Waals surface area contributed by atoms with Crippen LogP contribution in [0.3, 0.4) is 0 Å². The Balaban J connectivity index is 0.000000246. The molecular formula is C44H57ClF2N4O17P2. The van der Waals surface area contributed by atoms with Gasteiger partial charge >= 0.3 is 14.6 Å². The van der Waals surface area contributed by atoms with Gasteiger partial charge in [0, 0.05) is 23.6 Å². The van der Waals surface area contributed by atoms with Crippen LogP contribution in [0, 0.1) is 5.92 Å². The fourth-order valence-electron chi connectivity index (χ4n) is 6.93. The smallest absolute Gasteiger partial charge is 0.422 e. The normalized spacial score (nSPS) is 29.0. The number of carbonyl (C=O) groups is 6. The molecule has 0 saturated carbocycles. The van der Waals surface area contributed by atoms with Gasteiger partial charge in [-0.05, 0) is 70.0 Å². The van der Waals surface area contributed by atoms with E-state index in [0.29, 0.717) is 5.75 Å². The average molecular weight is 1050 g/mol. The number of halogens is 3. The predicted molar refractivity (Wildman–Crippen MR) is 245 cm³/mol. The van der Waals surface area contributed by atoms with E-state index in [1.165, 1.54) is 26.0 Å². The van der Waals surface area contributed by atoms with Crippen molar-refractivity contribution in [1.29, 1.82) is 0 Å². The average Bonchev–Trinajstić information content (AvgIpc) is 3.66. The Kier molecular flexibility index (Phi) is 20.4. The van der Waals surface area contributed by atoms with Gasteiger partial charge in [-0.15, -0.1) is 0 Å². The van der Waals surface area contributed by atoms with Gasteiger partial charge in [0.2, 0.25) is 11.8 Å². The minimum absolute atomic E-state index is 0.175. The highest BCUT2D eigenvalue weighted by atomic mass is 35.7. The summed E-state index contributed by atoms with van der Waals surface area (Å²) in [4.78, 5) is 71.3. The van der Waals surface area contributed by atoms with Crippen LogP contribution in [0.15, 0.2) is 85.2 Å². The summed E-state index contributed by atoms with van der Waals surface area (Å²) in [6, 6.07) is 14.8. The first-order valence-electron chi connectivity index (χ1n) is 21.6. The summed E-state index contributed by atoms with van der Waals surface area (Å²) in [6.07, 6.45) is -4.88. The lowest BCUT2D eigenvalue weighted by molar-refractivity contribution is -0.151. The van der Waals surface area contributed by atoms with Gasteiger partial charge in [0.15, 0.2) is 41.1 Å². The highest BCUT2D eigenvalue weighted by Crippen LogP contribution is 2.49. The first-order chi connectivity index (χ1) is 32.7. The largest absolute Gasteiger partial charge is 0.459 e. The third-order valence-electron chi connectivity index (χ3n) is 11.0. The van der Waals surface area contributed by atoms with E-state index in [1.54, 1.807) is 62.4 Å². The maximum Gasteiger partial charge on any atom is 0.459 e. The molecule has 2 amide bonds. The van der Waals surface area contributed by atoms with Crippen LogP contribution < -0.4 is 19.2 Å². The lowest BCUT2D eigenvalue weighted by atomic mass is 9.97. The van der Waals surface area contributed by atoms with Gasteiger partial charge in [-0.1, -0.05) is 50.2 Å². The minimum Gasteiger partial charge on any atom is -0.422 e. The van der Waals surface area contributed by atoms with Crippen LogP contribution >= 0.6 is 25.9 Å². The molecule has 2 aromatic rings. The molecule has 0 aliphatic carbocycles. The highest BCUT2D eigenvalue weighted by Gasteiger charge is 2.58. The van der Waals surface area contributed by atoms with Crippen molar-refractivity contribution in [1.82, 2.24) is 20.0 Å². The minimum atomic E-state index is -4.17. The Hall–Kier alpha value is -4.61. The van der Waals surface area contributed by atoms with Gasteiger partial charge in [-0.25, -0.2) is 28.1 Å². The lowest BCUT2D eigenvalue weighted by Gasteiger charge is -2.32. The molecule has 70 heavy (non-hydrogen) atoms. The van der Waals surface area contributed by atoms with Crippen LogP contribution in [-0.2, 0) is 51.9 Å². The molecule has 4 aliphatic rings. The third kappa shape index (κ3) is 15.2. The number of rotatable bonds is 18. The van der Waals surface area contributed by atoms with Crippen LogP contribution in [0.4, 0.5) is 8.78 Å². The number of alkyl halides is 2. The van der Waals surface area contributed by atoms with Crippen LogP contribution in [-0.4, -0.2) is 145 Å². The molecule has 2 fully saturated rings. The molecule has 0 spiro atoms. The standard InChI is InChI=1S/C21H26FN2O8P.C12H17ClNO4P.C11H14FNO5/c1-13(14(2)25)23-33(29,32-16-7-5-4-6-8-16)30-12-17-19(28)21(3,22)20(31-17)24-10-9-15(26)11-18(24)27;1-9(2)12(11(16)8-15)14-19(13,17)18-10-6-4-3-5-7-10;1-11(12)9(17)7(5-14)18-10(11)13-3-2-6(15)4-8(13)16/h4-10,13,17,19-20,28H,11-12H2,1-3H3,(H,23,29);3-7,9,12,15H,8H2,1-2H3,(H,14,17);2-3,7,9-10,14,17H,4-5H2,1H3/t13-,17+,19+,20+,21+,33?;12-,19?;7-,9-,10-,11-/m001/s1. The Labute approximate surface area is 406 Å². The summed E-state index contributed by atoms with van der Waals surface area (Å²) in [7, 11) is -4.17. The van der Waals surface area contributed by atoms with Gasteiger partial charge in [0.05, 0.1) is 38.1 Å². The van der Waals surface area contributed by atoms with E-state index in [0.717, 1.165) is 48.2 Å². The molecule has 2 unspecified atom stereocenters. The second kappa shape index (κ2) is 24.7. The van der Waals surface area contributed by atoms with Crippen molar-refractivity contribution in [3.63, 3.8) is 0 Å². The molecule has 26 heteroatoms. The Morgan fingerprint density at radius 1 is 0.786 bits per heavy atom. The highest BCUT2D eigenvalue weighted by molar-refractivity contribution is 7.84. The number of ether oxygens (including phenoxy) is 2. The van der Waals surface area contributed by atoms with E-state index >= 15 is 4.39 Å². The van der Waals surface area contributed by atoms with Crippen LogP contribution in [0.2, 0.25) is 0 Å². The van der Waals surface area contributed by atoms with Crippen molar-refractivity contribution in [3.05, 3.63) is 85.2 Å². The number of aliphatic hydroxyl groups excluding tert-OH is 4. The second-order valence-corrected chi connectivity index (χ2v) is 21.4. The number of carbonyl (C=O) groups excluding carboxylic acids is 6. The molecule has 0 radical (unpaired) electrons. The number of amides is 2. The number of Topliss-reactive ketones (excluding diaryl/α,β-unsaturated/α-hetero) is 2. The summed E-state index contributed by atoms with van der Waals surface area (Å²) in [5, 5.41) is 43.0. The summed E-state index contributed by atoms with van der Waals surface area (Å²) in [6.45, 7) is 2.94. The maximum absolute atomic E-state index is 15.4. The maximum atomic E-state index is 15.4. The quantitative estimate of drug-likeness (QED) is 0.0919. The lowest BCUT2D eigenvalue weighted by Crippen LogP contribution is -2.51. The molecule has 2 saturated heterocycles. The fraction of sp³-hybridized carbons (Fsp3) is 0.500. The van der Waals surface area contributed by atoms with Crippen molar-refractivity contribution in [2.75, 3.05) is 19.8 Å². The number of allylic oxidation sites excluding steroid dienone is 2. The first kappa shape index (κ1) is 58.0. The predicted octanol–water partition coefficient (Wildman–Crippen LogP) is 3.58. The zero-order chi connectivity index (χ0) is 52.4. The molecule has 12 atom stereocenters. The van der Waals surface area contributed by atoms with Crippen molar-refractivity contribution in [2.45, 2.75) is 115 Å². The zero-order valence-electron chi connectivity index (χ0n) is 38.8. The second-order valence-electron chi connectivity index (χ2n) is 17.0. The molecule has 4 heterocycles. The number of hydrogen-bond acceptors (Lipinski definition) is 17. The Bertz CT molecular complexity index is 2350. The van der Waals surface area contributed by atoms with E-state index in [2.05, 4.69) is 10.2 Å². The van der Waals surface area contributed by atoms with E-state index < -0.39 is 125 Å². The molecule has 6 rings (SSSR count). The summed E-state index contributed by atoms with van der Waals surface area (Å²) in [5.74, 6) is -2.52. The van der Waals surface area contributed by atoms with Gasteiger partial charge in [0.1, 0.15) is 48.3 Å². The molecular weight excluding hydrogens is 992 g/mol. The van der Waals surface area contributed by atoms with Crippen LogP contribution in [0.5, 0.6) is 11.5 Å². The topological polar surface area (TPSA) is 294 Å². The fourth-order valence-corrected chi connectivity index (χ4v) is 10.3. The monoisotopic (exact) mass is 1050 g/mol. The van der Waals surface area contributed by atoms with E-state index in [4.69, 9.17) is 44.5 Å². The number of para-hydroxylation sites is 2. The number of nitrogens with zero attached hydrogens (tertiary/aromatic N) is 2. The molecule has 2 aromatic carbocycles. The van der Waals surface area contributed by atoms with Crippen molar-refractivity contribution >= 4 is 60.8 Å². The number of hydrogen-bond donors (Lipinski definition) is 6. The van der Waals surface area contributed by atoms with Crippen LogP contribution in [0.25, 0.3) is 0 Å². The molecule has 0 aromatic heterocycles. The molecule has 6 N–H and O–H groups in total. The SMILES string of the molecule is CC(=O)[C@H](C)NP(=O)(OC[C@H]1O[C@@H](N2C=CC(=O)CC2=O)[C@](C)(F)[C@@H]1O)Oc1ccccc1.CC(C)[C@H](NP(=O)(Cl)Oc1ccccc1)C(=O)CO.C[C@@]1(F)[C@H](O)[C@@H](CO)O[C@H]1N1C=CC(=O)CC1=O. The zero-order valence-corrected chi connectivity index (χ0v) is 41.4. The van der Waals surface area contributed by atoms with Gasteiger partial charge in [-0.3, -0.25) is 43.1 Å². The van der Waals surface area contributed by atoms with Gasteiger partial charge in [-0.2, -0.15) is 0 Å². The van der Waals surface area contributed by atoms with E-state index in [9.17, 15) is 52.5 Å². The van der Waals surface area contributed by atoms with Crippen LogP contribution in [0.1, 0.15) is 54.4 Å². The van der Waals surface area contributed by atoms with Crippen molar-refractivity contribution < 1.29 is 90.1 Å². The molecule has 0 bridgehead atoms. The number of ketones is 4. The Morgan fingerprint density at radius 2 is 1.23 bits per heavy atom. The number of aliphatic hydroxyl groups is 4. The third-order valence-corrected chi connectivity index (χ3v) is 14.1. The summed E-state index contributed by atoms with van der Waals surface area (Å²) >= 11 is 5.80. The summed E-state index contributed by atoms with van der Waals surface area (Å²) < 4.78 is 81.9. The van der Waals surface area contributed by atoms with E-state index in [-0.39, 0.29) is 29.7 Å². The van der Waals surface area contributed by atoms with E-state index in [1.807, 2.05) is 0 Å². The number of nitrogens with one attached hydrogen (secondary N) is 2. The van der Waals surface area contributed by atoms with Gasteiger partial charge in [0.25, 0.3) is 0 Å². The van der Waals surface area contributed by atoms with Crippen molar-refractivity contribution in [2.24, 2.45) is 5.92 Å². The molecule has 21 nitrogen and oxygen atoms in total. The van der Waals surface area contributed by atoms with Gasteiger partial charge < -0.3 is 38.9 Å². The number of benzene rings is 2.